The summed E-state index contributed by atoms with van der Waals surface area (Å²) in [5.41, 5.74) is 2.45. The quantitative estimate of drug-likeness (QED) is 0.438. The highest BCUT2D eigenvalue weighted by Gasteiger charge is 2.08. The minimum atomic E-state index is -0.145. The van der Waals surface area contributed by atoms with Gasteiger partial charge in [0, 0.05) is 28.9 Å². The van der Waals surface area contributed by atoms with E-state index in [1.807, 2.05) is 60.1 Å². The van der Waals surface area contributed by atoms with E-state index in [2.05, 4.69) is 30.7 Å². The second-order valence-electron chi connectivity index (χ2n) is 6.08. The van der Waals surface area contributed by atoms with Crippen molar-refractivity contribution in [3.05, 3.63) is 72.3 Å². The second kappa shape index (κ2) is 8.93. The molecule has 0 fully saturated rings. The topological polar surface area (TPSA) is 101 Å². The lowest BCUT2D eigenvalue weighted by molar-refractivity contribution is 0.102. The molecule has 0 saturated heterocycles. The van der Waals surface area contributed by atoms with E-state index in [0.717, 1.165) is 32.2 Å². The number of nitrogens with one attached hydrogen (secondary N) is 2. The number of carbonyl (C=O) groups excluding carboxylic acids is 1. The van der Waals surface area contributed by atoms with Crippen LogP contribution in [-0.2, 0) is 12.8 Å². The van der Waals surface area contributed by atoms with Crippen molar-refractivity contribution in [2.24, 2.45) is 7.05 Å². The van der Waals surface area contributed by atoms with Gasteiger partial charge in [-0.25, -0.2) is 4.98 Å². The maximum Gasteiger partial charge on any atom is 0.255 e. The Kier molecular flexibility index (Phi) is 5.92. The van der Waals surface area contributed by atoms with Crippen LogP contribution in [0.15, 0.2) is 76.4 Å². The molecule has 0 aliphatic heterocycles. The number of anilines is 1. The maximum atomic E-state index is 12.5. The largest absolute Gasteiger partial charge is 0.322 e. The monoisotopic (exact) mass is 423 g/mol. The highest BCUT2D eigenvalue weighted by atomic mass is 32.2. The predicted molar refractivity (Wildman–Crippen MR) is 112 cm³/mol. The van der Waals surface area contributed by atoms with E-state index >= 15 is 0 Å². The van der Waals surface area contributed by atoms with Crippen LogP contribution < -0.4 is 5.32 Å². The molecule has 0 unspecified atom stereocenters. The summed E-state index contributed by atoms with van der Waals surface area (Å²) >= 11 is 3.07. The fourth-order valence-corrected chi connectivity index (χ4v) is 3.94. The average Bonchev–Trinajstić information content (AvgIpc) is 3.40. The third kappa shape index (κ3) is 5.04. The molecular weight excluding hydrogens is 406 g/mol. The molecule has 0 spiro atoms. The zero-order valence-electron chi connectivity index (χ0n) is 15.4. The van der Waals surface area contributed by atoms with Gasteiger partial charge >= 0.3 is 0 Å². The van der Waals surface area contributed by atoms with Gasteiger partial charge in [0.1, 0.15) is 12.7 Å². The summed E-state index contributed by atoms with van der Waals surface area (Å²) in [6, 6.07) is 15.2. The van der Waals surface area contributed by atoms with Gasteiger partial charge in [0.05, 0.1) is 0 Å². The highest BCUT2D eigenvalue weighted by molar-refractivity contribution is 7.99. The Morgan fingerprint density at radius 3 is 2.59 bits per heavy atom. The van der Waals surface area contributed by atoms with Crippen molar-refractivity contribution in [2.75, 3.05) is 5.32 Å². The fourth-order valence-electron chi connectivity index (χ4n) is 2.45. The van der Waals surface area contributed by atoms with Gasteiger partial charge < -0.3 is 9.88 Å². The van der Waals surface area contributed by atoms with Crippen molar-refractivity contribution in [1.82, 2.24) is 29.9 Å². The first-order chi connectivity index (χ1) is 14.2. The second-order valence-corrected chi connectivity index (χ2v) is 8.09. The van der Waals surface area contributed by atoms with E-state index in [4.69, 9.17) is 0 Å². The first-order valence-electron chi connectivity index (χ1n) is 8.68. The summed E-state index contributed by atoms with van der Waals surface area (Å²) in [6.07, 6.45) is 3.14. The zero-order valence-corrected chi connectivity index (χ0v) is 17.1. The molecule has 0 aliphatic carbocycles. The van der Waals surface area contributed by atoms with Gasteiger partial charge in [0.2, 0.25) is 0 Å². The molecule has 2 heterocycles. The minimum absolute atomic E-state index is 0.145. The summed E-state index contributed by atoms with van der Waals surface area (Å²) in [5, 5.41) is 19.0. The molecule has 10 heteroatoms. The first-order valence-corrected chi connectivity index (χ1v) is 10.5. The first kappa shape index (κ1) is 19.2. The lowest BCUT2D eigenvalue weighted by Crippen LogP contribution is -2.11. The van der Waals surface area contributed by atoms with Gasteiger partial charge in [0.15, 0.2) is 10.3 Å². The van der Waals surface area contributed by atoms with Gasteiger partial charge in [-0.1, -0.05) is 23.9 Å². The van der Waals surface area contributed by atoms with E-state index in [0.29, 0.717) is 5.56 Å². The molecule has 29 heavy (non-hydrogen) atoms. The standard InChI is InChI=1S/C19H17N7OS2/c1-26-12-22-25-19(26)29-16-8-6-15(7-9-16)23-17(27)14-4-2-13(3-5-14)10-28-18-20-11-21-24-18/h2-9,11-12H,10H2,1H3,(H,23,27)(H,20,21,24). The van der Waals surface area contributed by atoms with Crippen LogP contribution in [0.1, 0.15) is 15.9 Å². The molecule has 0 bridgehead atoms. The van der Waals surface area contributed by atoms with Crippen molar-refractivity contribution in [2.45, 2.75) is 21.0 Å². The molecule has 0 saturated carbocycles. The molecule has 0 atom stereocenters. The van der Waals surface area contributed by atoms with Crippen LogP contribution in [0.25, 0.3) is 0 Å². The number of thioether (sulfide) groups is 1. The van der Waals surface area contributed by atoms with Gasteiger partial charge in [-0.3, -0.25) is 9.89 Å². The number of nitrogens with zero attached hydrogens (tertiary/aromatic N) is 5. The van der Waals surface area contributed by atoms with E-state index in [1.54, 1.807) is 18.1 Å². The number of H-pyrrole nitrogens is 1. The molecule has 4 rings (SSSR count). The fraction of sp³-hybridized carbons (Fsp3) is 0.105. The summed E-state index contributed by atoms with van der Waals surface area (Å²) in [7, 11) is 1.90. The number of amides is 1. The van der Waals surface area contributed by atoms with Crippen LogP contribution in [-0.4, -0.2) is 35.9 Å². The van der Waals surface area contributed by atoms with Crippen LogP contribution in [0.3, 0.4) is 0 Å². The van der Waals surface area contributed by atoms with Crippen LogP contribution in [0, 0.1) is 0 Å². The van der Waals surface area contributed by atoms with Gasteiger partial charge in [0.25, 0.3) is 5.91 Å². The lowest BCUT2D eigenvalue weighted by atomic mass is 10.1. The van der Waals surface area contributed by atoms with Gasteiger partial charge in [-0.2, -0.15) is 5.10 Å². The normalized spacial score (nSPS) is 10.8. The molecule has 2 aromatic heterocycles. The summed E-state index contributed by atoms with van der Waals surface area (Å²) in [4.78, 5) is 17.6. The van der Waals surface area contributed by atoms with Gasteiger partial charge in [-0.15, -0.1) is 10.2 Å². The third-order valence-electron chi connectivity index (χ3n) is 3.98. The van der Waals surface area contributed by atoms with E-state index < -0.39 is 0 Å². The Morgan fingerprint density at radius 2 is 1.93 bits per heavy atom. The Bertz CT molecular complexity index is 1080. The van der Waals surface area contributed by atoms with E-state index in [1.165, 1.54) is 18.1 Å². The highest BCUT2D eigenvalue weighted by Crippen LogP contribution is 2.26. The van der Waals surface area contributed by atoms with Crippen LogP contribution >= 0.6 is 23.5 Å². The molecule has 2 aromatic carbocycles. The molecule has 146 valence electrons. The molecule has 2 N–H and O–H groups in total. The van der Waals surface area contributed by atoms with Crippen molar-refractivity contribution >= 4 is 35.1 Å². The maximum absolute atomic E-state index is 12.5. The summed E-state index contributed by atoms with van der Waals surface area (Å²) < 4.78 is 1.86. The third-order valence-corrected chi connectivity index (χ3v) is 5.98. The Hall–Kier alpha value is -3.11. The van der Waals surface area contributed by atoms with Crippen LogP contribution in [0.2, 0.25) is 0 Å². The SMILES string of the molecule is Cn1cnnc1Sc1ccc(NC(=O)c2ccc(CSc3ncn[nH]3)cc2)cc1. The number of hydrogen-bond acceptors (Lipinski definition) is 7. The number of carbonyl (C=O) groups is 1. The molecule has 8 nitrogen and oxygen atoms in total. The zero-order chi connectivity index (χ0) is 20.1. The minimum Gasteiger partial charge on any atom is -0.322 e. The number of benzene rings is 2. The van der Waals surface area contributed by atoms with Crippen molar-refractivity contribution in [1.29, 1.82) is 0 Å². The smallest absolute Gasteiger partial charge is 0.255 e. The molecule has 0 aliphatic rings. The van der Waals surface area contributed by atoms with Crippen LogP contribution in [0.4, 0.5) is 5.69 Å². The van der Waals surface area contributed by atoms with Crippen molar-refractivity contribution in [3.63, 3.8) is 0 Å². The summed E-state index contributed by atoms with van der Waals surface area (Å²) in [5.74, 6) is 0.606. The average molecular weight is 424 g/mol. The summed E-state index contributed by atoms with van der Waals surface area (Å²) in [6.45, 7) is 0. The number of aromatic nitrogens is 6. The number of hydrogen-bond donors (Lipinski definition) is 2. The molecular formula is C19H17N7OS2. The number of rotatable bonds is 7. The molecule has 4 aromatic rings. The van der Waals surface area contributed by atoms with Gasteiger partial charge in [-0.05, 0) is 53.7 Å². The molecule has 0 radical (unpaired) electrons. The van der Waals surface area contributed by atoms with Crippen molar-refractivity contribution in [3.8, 4) is 0 Å². The number of aromatic amines is 1. The Balaban J connectivity index is 1.33. The van der Waals surface area contributed by atoms with Crippen molar-refractivity contribution < 1.29 is 4.79 Å². The predicted octanol–water partition coefficient (Wildman–Crippen LogP) is 3.63. The molecule has 1 amide bonds. The van der Waals surface area contributed by atoms with E-state index in [-0.39, 0.29) is 5.91 Å². The number of aryl methyl sites for hydroxylation is 1. The van der Waals surface area contributed by atoms with Crippen LogP contribution in [0.5, 0.6) is 0 Å². The Morgan fingerprint density at radius 1 is 1.14 bits per heavy atom. The Labute approximate surface area is 175 Å². The van der Waals surface area contributed by atoms with E-state index in [9.17, 15) is 4.79 Å². The lowest BCUT2D eigenvalue weighted by Gasteiger charge is -2.07.